The zero-order chi connectivity index (χ0) is 34.8. The number of unbranched alkanes of at least 4 members (excludes halogenated alkanes) is 1. The van der Waals surface area contributed by atoms with Gasteiger partial charge < -0.3 is 37.3 Å². The summed E-state index contributed by atoms with van der Waals surface area (Å²) < 4.78 is 0. The zero-order valence-corrected chi connectivity index (χ0v) is 29.3. The van der Waals surface area contributed by atoms with Crippen molar-refractivity contribution in [2.45, 2.75) is 86.5 Å². The second-order valence-corrected chi connectivity index (χ2v) is 13.9. The summed E-state index contributed by atoms with van der Waals surface area (Å²) in [6.07, 6.45) is 5.14. The largest absolute Gasteiger partial charge is 0.361 e. The number of aromatic nitrogens is 1. The van der Waals surface area contributed by atoms with E-state index in [0.29, 0.717) is 64.7 Å². The van der Waals surface area contributed by atoms with E-state index in [0.717, 1.165) is 42.9 Å². The fraction of sp³-hybridized carbons (Fsp3) is 0.395. The number of benzene rings is 3. The Morgan fingerprint density at radius 2 is 1.55 bits per heavy atom. The number of hydrogen-bond donors (Lipinski definition) is 6. The molecule has 3 aromatic carbocycles. The maximum atomic E-state index is 14.4. The number of para-hydroxylation sites is 1. The molecular weight excluding hydrogens is 635 g/mol. The number of nitrogens with two attached hydrogens (primary N) is 2. The number of carbonyl (C=O) groups excluding carboxylic acids is 3. The molecule has 1 aliphatic rings. The molecule has 0 spiro atoms. The van der Waals surface area contributed by atoms with Crippen LogP contribution in [0.4, 0.5) is 0 Å². The van der Waals surface area contributed by atoms with Gasteiger partial charge in [0.05, 0.1) is 6.04 Å². The number of nitrogens with one attached hydrogen (secondary N) is 4. The third-order valence-electron chi connectivity index (χ3n) is 9.18. The maximum Gasteiger partial charge on any atom is 0.245 e. The first-order valence-corrected chi connectivity index (χ1v) is 18.0. The molecule has 5 rings (SSSR count). The van der Waals surface area contributed by atoms with Gasteiger partial charge >= 0.3 is 0 Å². The normalized spacial score (nSPS) is 19.6. The van der Waals surface area contributed by atoms with E-state index in [2.05, 4.69) is 51.3 Å². The van der Waals surface area contributed by atoms with Gasteiger partial charge in [-0.3, -0.25) is 14.4 Å². The van der Waals surface area contributed by atoms with Crippen LogP contribution in [0.1, 0.15) is 54.4 Å². The monoisotopic (exact) mass is 683 g/mol. The third kappa shape index (κ3) is 9.30. The van der Waals surface area contributed by atoms with Gasteiger partial charge in [0.1, 0.15) is 12.1 Å². The number of nitrogens with zero attached hydrogens (tertiary/aromatic N) is 1. The highest BCUT2D eigenvalue weighted by molar-refractivity contribution is 7.99. The van der Waals surface area contributed by atoms with Crippen molar-refractivity contribution in [3.63, 3.8) is 0 Å². The van der Waals surface area contributed by atoms with Crippen molar-refractivity contribution in [1.82, 2.24) is 25.8 Å². The van der Waals surface area contributed by atoms with Gasteiger partial charge in [-0.15, -0.1) is 0 Å². The van der Waals surface area contributed by atoms with Crippen molar-refractivity contribution >= 4 is 40.4 Å². The molecule has 0 bridgehead atoms. The van der Waals surface area contributed by atoms with E-state index in [-0.39, 0.29) is 17.7 Å². The van der Waals surface area contributed by atoms with Crippen molar-refractivity contribution in [3.05, 3.63) is 95.2 Å². The molecule has 49 heavy (non-hydrogen) atoms. The molecule has 0 unspecified atom stereocenters. The Morgan fingerprint density at radius 1 is 0.816 bits per heavy atom. The molecule has 3 amide bonds. The molecule has 0 fully saturated rings. The molecule has 1 aromatic heterocycles. The van der Waals surface area contributed by atoms with E-state index in [1.54, 1.807) is 18.8 Å². The number of hydrogen-bond acceptors (Lipinski definition) is 7. The number of fused-ring (bicyclic) bond motifs is 3. The molecule has 0 radical (unpaired) electrons. The molecule has 0 saturated heterocycles. The summed E-state index contributed by atoms with van der Waals surface area (Å²) in [6.45, 7) is 3.72. The topological polar surface area (TPSA) is 158 Å². The Bertz CT molecular complexity index is 1740. The molecule has 3 atom stereocenters. The third-order valence-corrected chi connectivity index (χ3v) is 10.4. The van der Waals surface area contributed by atoms with E-state index in [1.165, 1.54) is 4.90 Å². The Morgan fingerprint density at radius 3 is 2.37 bits per heavy atom. The molecule has 4 aromatic rings. The molecule has 2 heterocycles. The lowest BCUT2D eigenvalue weighted by molar-refractivity contribution is -0.142. The lowest BCUT2D eigenvalue weighted by Gasteiger charge is -2.32. The summed E-state index contributed by atoms with van der Waals surface area (Å²) in [7, 11) is 1.66. The summed E-state index contributed by atoms with van der Waals surface area (Å²) in [5, 5.41) is 10.7. The maximum absolute atomic E-state index is 14.4. The Labute approximate surface area is 293 Å². The molecule has 260 valence electrons. The quantitative estimate of drug-likeness (QED) is 0.145. The molecule has 1 aliphatic heterocycles. The summed E-state index contributed by atoms with van der Waals surface area (Å²) in [6, 6.07) is 20.1. The van der Waals surface area contributed by atoms with Crippen LogP contribution in [-0.4, -0.2) is 65.9 Å². The molecule has 8 N–H and O–H groups in total. The van der Waals surface area contributed by atoms with Gasteiger partial charge in [0.15, 0.2) is 0 Å². The number of aryl methyl sites for hydroxylation is 1. The highest BCUT2D eigenvalue weighted by Crippen LogP contribution is 2.34. The Kier molecular flexibility index (Phi) is 12.9. The van der Waals surface area contributed by atoms with E-state index in [9.17, 15) is 14.4 Å². The number of aromatic amines is 1. The van der Waals surface area contributed by atoms with Gasteiger partial charge in [-0.2, -0.15) is 0 Å². The van der Waals surface area contributed by atoms with Crippen LogP contribution in [0.2, 0.25) is 0 Å². The smallest absolute Gasteiger partial charge is 0.245 e. The molecular formula is C38H49N7O3S. The van der Waals surface area contributed by atoms with Crippen LogP contribution < -0.4 is 27.4 Å². The molecule has 11 heteroatoms. The van der Waals surface area contributed by atoms with E-state index in [4.69, 9.17) is 11.5 Å². The zero-order valence-electron chi connectivity index (χ0n) is 28.5. The van der Waals surface area contributed by atoms with Crippen LogP contribution in [0.25, 0.3) is 10.9 Å². The van der Waals surface area contributed by atoms with Crippen LogP contribution in [-0.2, 0) is 33.9 Å². The Balaban J connectivity index is 1.55. The van der Waals surface area contributed by atoms with Gasteiger partial charge in [-0.1, -0.05) is 65.9 Å². The highest BCUT2D eigenvalue weighted by Gasteiger charge is 2.34. The molecule has 10 nitrogen and oxygen atoms in total. The fourth-order valence-electron chi connectivity index (χ4n) is 6.33. The summed E-state index contributed by atoms with van der Waals surface area (Å²) >= 11 is 1.64. The lowest BCUT2D eigenvalue weighted by atomic mass is 10.0. The van der Waals surface area contributed by atoms with Crippen molar-refractivity contribution in [2.75, 3.05) is 20.1 Å². The fourth-order valence-corrected chi connectivity index (χ4v) is 7.38. The standard InChI is InChI=1S/C38H49N7O3S/c1-25-16-17-35-28(20-25)24-43-37(47)33(21-27-23-41-30-12-5-4-11-29(27)30)45(2)38(48)32(13-7-8-18-39)44-36(46)31(14-9-19-40)42-22-26-10-3-6-15-34(26)49-35/h3-6,10-12,15-17,20,23,31-33,41-42H,7-9,13-14,18-19,21-22,24,39-40H2,1-2H3,(H,43,47)(H,44,46)/t31-,32-,33-/m0/s1. The first-order chi connectivity index (χ1) is 23.8. The van der Waals surface area contributed by atoms with Gasteiger partial charge in [0, 0.05) is 53.4 Å². The van der Waals surface area contributed by atoms with Crippen LogP contribution in [0.3, 0.4) is 0 Å². The second-order valence-electron chi connectivity index (χ2n) is 12.8. The van der Waals surface area contributed by atoms with Gasteiger partial charge in [-0.05, 0) is 87.0 Å². The number of amides is 3. The van der Waals surface area contributed by atoms with E-state index in [1.807, 2.05) is 49.5 Å². The summed E-state index contributed by atoms with van der Waals surface area (Å²) in [4.78, 5) is 49.4. The van der Waals surface area contributed by atoms with Crippen LogP contribution in [0.5, 0.6) is 0 Å². The first kappa shape index (κ1) is 36.1. The average Bonchev–Trinajstić information content (AvgIpc) is 3.52. The van der Waals surface area contributed by atoms with Gasteiger partial charge in [0.25, 0.3) is 0 Å². The summed E-state index contributed by atoms with van der Waals surface area (Å²) in [5.74, 6) is -0.844. The average molecular weight is 684 g/mol. The minimum absolute atomic E-state index is 0.263. The Hall–Kier alpha value is -4.16. The van der Waals surface area contributed by atoms with E-state index < -0.39 is 18.1 Å². The number of rotatable bonds is 9. The van der Waals surface area contributed by atoms with Gasteiger partial charge in [0.2, 0.25) is 17.7 Å². The predicted octanol–water partition coefficient (Wildman–Crippen LogP) is 4.14. The van der Waals surface area contributed by atoms with Crippen LogP contribution in [0, 0.1) is 6.92 Å². The molecule has 0 aliphatic carbocycles. The van der Waals surface area contributed by atoms with Crippen molar-refractivity contribution in [1.29, 1.82) is 0 Å². The first-order valence-electron chi connectivity index (χ1n) is 17.2. The number of carbonyl (C=O) groups is 3. The molecule has 0 saturated carbocycles. The van der Waals surface area contributed by atoms with Crippen molar-refractivity contribution in [3.8, 4) is 0 Å². The number of H-pyrrole nitrogens is 1. The van der Waals surface area contributed by atoms with Crippen LogP contribution >= 0.6 is 11.8 Å². The lowest BCUT2D eigenvalue weighted by Crippen LogP contribution is -2.57. The van der Waals surface area contributed by atoms with Crippen molar-refractivity contribution in [2.24, 2.45) is 11.5 Å². The van der Waals surface area contributed by atoms with Crippen molar-refractivity contribution < 1.29 is 14.4 Å². The highest BCUT2D eigenvalue weighted by atomic mass is 32.2. The summed E-state index contributed by atoms with van der Waals surface area (Å²) in [5.41, 5.74) is 16.7. The van der Waals surface area contributed by atoms with E-state index >= 15 is 0 Å². The number of likely N-dealkylation sites (N-methyl/N-ethyl adjacent to an activating group) is 1. The predicted molar refractivity (Wildman–Crippen MR) is 196 cm³/mol. The van der Waals surface area contributed by atoms with Gasteiger partial charge in [-0.25, -0.2) is 0 Å². The minimum atomic E-state index is -0.830. The van der Waals surface area contributed by atoms with Crippen LogP contribution in [0.15, 0.2) is 82.7 Å². The SMILES string of the molecule is Cc1ccc2c(c1)CNC(=O)[C@H](Cc1c[nH]c3ccccc13)N(C)C(=O)[C@H](CCCCN)NC(=O)[C@H](CCCN)NCc1ccccc1S2. The minimum Gasteiger partial charge on any atom is -0.361 e. The second kappa shape index (κ2) is 17.5.